The van der Waals surface area contributed by atoms with Gasteiger partial charge in [0.05, 0.1) is 5.60 Å². The van der Waals surface area contributed by atoms with Crippen LogP contribution in [0, 0.1) is 0 Å². The van der Waals surface area contributed by atoms with Crippen LogP contribution >= 0.6 is 0 Å². The van der Waals surface area contributed by atoms with Gasteiger partial charge in [0.15, 0.2) is 0 Å². The van der Waals surface area contributed by atoms with Gasteiger partial charge >= 0.3 is 0 Å². The average Bonchev–Trinajstić information content (AvgIpc) is 2.69. The molecule has 1 saturated carbocycles. The average molecular weight is 288 g/mol. The molecule has 21 heavy (non-hydrogen) atoms. The van der Waals surface area contributed by atoms with Crippen LogP contribution in [0.25, 0.3) is 0 Å². The van der Waals surface area contributed by atoms with Crippen LogP contribution in [0.4, 0.5) is 0 Å². The van der Waals surface area contributed by atoms with Crippen molar-refractivity contribution in [3.63, 3.8) is 0 Å². The van der Waals surface area contributed by atoms with Crippen LogP contribution in [0.15, 0.2) is 30.3 Å². The third-order valence-electron chi connectivity index (χ3n) is 5.10. The number of ether oxygens (including phenoxy) is 1. The SMILES string of the molecule is COC1(CN2CCCNC(Cc3ccccc3)C2)CCC1. The number of nitrogens with zero attached hydrogens (tertiary/aromatic N) is 1. The fourth-order valence-corrected chi connectivity index (χ4v) is 3.66. The van der Waals surface area contributed by atoms with Crippen molar-refractivity contribution in [1.29, 1.82) is 0 Å². The van der Waals surface area contributed by atoms with E-state index in [1.165, 1.54) is 37.8 Å². The topological polar surface area (TPSA) is 24.5 Å². The molecule has 0 amide bonds. The van der Waals surface area contributed by atoms with Crippen LogP contribution in [0.1, 0.15) is 31.2 Å². The second-order valence-corrected chi connectivity index (χ2v) is 6.67. The molecule has 116 valence electrons. The van der Waals surface area contributed by atoms with Gasteiger partial charge in [0, 0.05) is 26.2 Å². The summed E-state index contributed by atoms with van der Waals surface area (Å²) in [7, 11) is 1.89. The summed E-state index contributed by atoms with van der Waals surface area (Å²) in [5.74, 6) is 0. The van der Waals surface area contributed by atoms with Gasteiger partial charge in [-0.1, -0.05) is 30.3 Å². The Morgan fingerprint density at radius 1 is 1.24 bits per heavy atom. The van der Waals surface area contributed by atoms with E-state index >= 15 is 0 Å². The van der Waals surface area contributed by atoms with E-state index in [-0.39, 0.29) is 5.60 Å². The first-order valence-electron chi connectivity index (χ1n) is 8.34. The number of hydrogen-bond donors (Lipinski definition) is 1. The molecule has 0 spiro atoms. The van der Waals surface area contributed by atoms with Gasteiger partial charge in [-0.15, -0.1) is 0 Å². The van der Waals surface area contributed by atoms with E-state index in [4.69, 9.17) is 4.74 Å². The molecule has 3 heteroatoms. The van der Waals surface area contributed by atoms with Crippen molar-refractivity contribution in [2.24, 2.45) is 0 Å². The van der Waals surface area contributed by atoms with Crippen LogP contribution in [0.2, 0.25) is 0 Å². The lowest BCUT2D eigenvalue weighted by atomic mass is 9.79. The molecule has 1 unspecified atom stereocenters. The summed E-state index contributed by atoms with van der Waals surface area (Å²) in [5.41, 5.74) is 1.59. The highest BCUT2D eigenvalue weighted by Crippen LogP contribution is 2.35. The van der Waals surface area contributed by atoms with E-state index in [0.717, 1.165) is 26.1 Å². The van der Waals surface area contributed by atoms with Gasteiger partial charge in [0.1, 0.15) is 0 Å². The molecule has 3 rings (SSSR count). The molecular weight excluding hydrogens is 260 g/mol. The summed E-state index contributed by atoms with van der Waals surface area (Å²) >= 11 is 0. The van der Waals surface area contributed by atoms with Gasteiger partial charge in [-0.2, -0.15) is 0 Å². The Labute approximate surface area is 128 Å². The van der Waals surface area contributed by atoms with Crippen molar-refractivity contribution in [3.05, 3.63) is 35.9 Å². The second kappa shape index (κ2) is 6.91. The lowest BCUT2D eigenvalue weighted by molar-refractivity contribution is -0.0914. The minimum absolute atomic E-state index is 0.154. The highest BCUT2D eigenvalue weighted by atomic mass is 16.5. The van der Waals surface area contributed by atoms with Gasteiger partial charge in [-0.05, 0) is 50.8 Å². The number of hydrogen-bond acceptors (Lipinski definition) is 3. The minimum Gasteiger partial charge on any atom is -0.377 e. The van der Waals surface area contributed by atoms with Crippen molar-refractivity contribution < 1.29 is 4.74 Å². The summed E-state index contributed by atoms with van der Waals surface area (Å²) < 4.78 is 5.81. The van der Waals surface area contributed by atoms with E-state index in [2.05, 4.69) is 40.5 Å². The van der Waals surface area contributed by atoms with Crippen molar-refractivity contribution >= 4 is 0 Å². The quantitative estimate of drug-likeness (QED) is 0.901. The zero-order valence-electron chi connectivity index (χ0n) is 13.2. The van der Waals surface area contributed by atoms with Crippen LogP contribution in [0.3, 0.4) is 0 Å². The summed E-state index contributed by atoms with van der Waals surface area (Å²) in [5, 5.41) is 3.72. The molecule has 3 nitrogen and oxygen atoms in total. The van der Waals surface area contributed by atoms with Crippen molar-refractivity contribution in [2.45, 2.75) is 43.7 Å². The van der Waals surface area contributed by atoms with Crippen LogP contribution in [-0.2, 0) is 11.2 Å². The largest absolute Gasteiger partial charge is 0.377 e. The maximum atomic E-state index is 5.81. The molecule has 1 atom stereocenters. The van der Waals surface area contributed by atoms with Gasteiger partial charge in [0.2, 0.25) is 0 Å². The predicted octanol–water partition coefficient (Wildman–Crippen LogP) is 2.46. The van der Waals surface area contributed by atoms with Gasteiger partial charge in [0.25, 0.3) is 0 Å². The van der Waals surface area contributed by atoms with Gasteiger partial charge in [-0.3, -0.25) is 4.90 Å². The molecule has 0 bridgehead atoms. The first-order valence-corrected chi connectivity index (χ1v) is 8.34. The van der Waals surface area contributed by atoms with E-state index in [1.54, 1.807) is 0 Å². The third kappa shape index (κ3) is 3.85. The minimum atomic E-state index is 0.154. The molecule has 1 aromatic rings. The van der Waals surface area contributed by atoms with E-state index in [9.17, 15) is 0 Å². The van der Waals surface area contributed by atoms with Crippen LogP contribution in [0.5, 0.6) is 0 Å². The maximum absolute atomic E-state index is 5.81. The number of rotatable bonds is 5. The molecule has 1 aliphatic carbocycles. The molecular formula is C18H28N2O. The molecule has 1 aromatic carbocycles. The molecule has 0 aromatic heterocycles. The Morgan fingerprint density at radius 3 is 2.71 bits per heavy atom. The van der Waals surface area contributed by atoms with Crippen molar-refractivity contribution in [1.82, 2.24) is 10.2 Å². The second-order valence-electron chi connectivity index (χ2n) is 6.67. The zero-order valence-corrected chi connectivity index (χ0v) is 13.2. The van der Waals surface area contributed by atoms with E-state index < -0.39 is 0 Å². The number of methoxy groups -OCH3 is 1. The Kier molecular flexibility index (Phi) is 4.94. The van der Waals surface area contributed by atoms with Crippen molar-refractivity contribution in [3.8, 4) is 0 Å². The Morgan fingerprint density at radius 2 is 2.05 bits per heavy atom. The van der Waals surface area contributed by atoms with Gasteiger partial charge in [-0.25, -0.2) is 0 Å². The van der Waals surface area contributed by atoms with Crippen molar-refractivity contribution in [2.75, 3.05) is 33.3 Å². The standard InChI is InChI=1S/C18H28N2O/c1-21-18(9-5-10-18)15-20-12-6-11-19-17(14-20)13-16-7-3-2-4-8-16/h2-4,7-8,17,19H,5-6,9-15H2,1H3. The fraction of sp³-hybridized carbons (Fsp3) is 0.667. The Hall–Kier alpha value is -0.900. The monoisotopic (exact) mass is 288 g/mol. The molecule has 0 radical (unpaired) electrons. The molecule has 2 fully saturated rings. The van der Waals surface area contributed by atoms with E-state index in [1.807, 2.05) is 7.11 Å². The zero-order chi connectivity index (χ0) is 14.5. The molecule has 1 saturated heterocycles. The fourth-order valence-electron chi connectivity index (χ4n) is 3.66. The smallest absolute Gasteiger partial charge is 0.0805 e. The summed E-state index contributed by atoms with van der Waals surface area (Å²) in [6.07, 6.45) is 6.16. The highest BCUT2D eigenvalue weighted by Gasteiger charge is 2.39. The molecule has 1 N–H and O–H groups in total. The van der Waals surface area contributed by atoms with Gasteiger partial charge < -0.3 is 10.1 Å². The summed E-state index contributed by atoms with van der Waals surface area (Å²) in [4.78, 5) is 2.62. The summed E-state index contributed by atoms with van der Waals surface area (Å²) in [6.45, 7) is 4.58. The first-order chi connectivity index (χ1) is 10.3. The molecule has 1 heterocycles. The Balaban J connectivity index is 1.58. The maximum Gasteiger partial charge on any atom is 0.0805 e. The normalized spacial score (nSPS) is 26.0. The first kappa shape index (κ1) is 15.0. The molecule has 2 aliphatic rings. The van der Waals surface area contributed by atoms with E-state index in [0.29, 0.717) is 6.04 Å². The van der Waals surface area contributed by atoms with Crippen LogP contribution < -0.4 is 5.32 Å². The lowest BCUT2D eigenvalue weighted by Crippen LogP contribution is -2.51. The summed E-state index contributed by atoms with van der Waals surface area (Å²) in [6, 6.07) is 11.4. The Bertz CT molecular complexity index is 425. The third-order valence-corrected chi connectivity index (χ3v) is 5.10. The van der Waals surface area contributed by atoms with Crippen LogP contribution in [-0.4, -0.2) is 49.8 Å². The molecule has 1 aliphatic heterocycles. The lowest BCUT2D eigenvalue weighted by Gasteiger charge is -2.44. The number of nitrogens with one attached hydrogen (secondary N) is 1. The predicted molar refractivity (Wildman–Crippen MR) is 86.6 cm³/mol. The number of benzene rings is 1. The highest BCUT2D eigenvalue weighted by molar-refractivity contribution is 5.16.